The summed E-state index contributed by atoms with van der Waals surface area (Å²) < 4.78 is 7.26. The number of β-amino-alcohol motifs (C(OH)–C–C–N with tert-alkyl or cyclic N) is 1. The highest BCUT2D eigenvalue weighted by Crippen LogP contribution is 2.35. The van der Waals surface area contributed by atoms with Crippen LogP contribution in [0.5, 0.6) is 0 Å². The molecule has 7 heteroatoms. The van der Waals surface area contributed by atoms with E-state index < -0.39 is 6.10 Å². The average molecular weight is 424 g/mol. The number of rotatable bonds is 4. The lowest BCUT2D eigenvalue weighted by molar-refractivity contribution is 0.0760. The zero-order chi connectivity index (χ0) is 21.5. The molecule has 0 aromatic carbocycles. The van der Waals surface area contributed by atoms with Crippen molar-refractivity contribution in [2.24, 2.45) is 5.92 Å². The van der Waals surface area contributed by atoms with Gasteiger partial charge in [-0.25, -0.2) is 0 Å². The fourth-order valence-corrected chi connectivity index (χ4v) is 5.45. The van der Waals surface area contributed by atoms with Crippen LogP contribution in [0.3, 0.4) is 0 Å². The number of nitrogens with zero attached hydrogens (tertiary/aromatic N) is 3. The predicted octanol–water partition coefficient (Wildman–Crippen LogP) is 2.17. The number of piperidine rings is 1. The first-order valence-corrected chi connectivity index (χ1v) is 11.1. The Morgan fingerprint density at radius 2 is 2.10 bits per heavy atom. The van der Waals surface area contributed by atoms with Crippen LogP contribution in [0, 0.1) is 5.92 Å². The van der Waals surface area contributed by atoms with Crippen molar-refractivity contribution in [3.8, 4) is 0 Å². The monoisotopic (exact) mass is 423 g/mol. The molecule has 2 aromatic rings. The summed E-state index contributed by atoms with van der Waals surface area (Å²) in [5.41, 5.74) is 2.34. The fraction of sp³-hybridized carbons (Fsp3) is 0.500. The highest BCUT2D eigenvalue weighted by molar-refractivity contribution is 5.94. The molecule has 0 unspecified atom stereocenters. The van der Waals surface area contributed by atoms with Gasteiger partial charge in [-0.15, -0.1) is 0 Å². The molecular weight excluding hydrogens is 394 g/mol. The number of fused-ring (bicyclic) bond motifs is 4. The zero-order valence-electron chi connectivity index (χ0n) is 17.9. The molecule has 2 saturated heterocycles. The lowest BCUT2D eigenvalue weighted by atomic mass is 9.82. The minimum Gasteiger partial charge on any atom is -0.465 e. The standard InChI is InChI=1S/C24H29N3O4/c1-16(9-20-3-2-8-31-20)11-25-12-17-10-18(14-25)22-5-4-21(24(30)27(22)13-17)23(29)26-7-6-19(28)15-26/h2-5,8-9,17-19,28H,6-7,10-15H2,1H3/b16-9+/t17-,18+,19+/m0/s1. The summed E-state index contributed by atoms with van der Waals surface area (Å²) in [6.45, 7) is 6.33. The Kier molecular flexibility index (Phi) is 5.32. The van der Waals surface area contributed by atoms with Gasteiger partial charge in [0.1, 0.15) is 11.3 Å². The van der Waals surface area contributed by atoms with Crippen molar-refractivity contribution in [1.82, 2.24) is 14.4 Å². The van der Waals surface area contributed by atoms with Crippen molar-refractivity contribution in [2.45, 2.75) is 38.3 Å². The van der Waals surface area contributed by atoms with E-state index in [1.165, 1.54) is 5.57 Å². The number of hydrogen-bond acceptors (Lipinski definition) is 5. The molecule has 2 bridgehead atoms. The SMILES string of the molecule is C/C(=C\c1ccco1)CN1C[C@@H]2C[C@H](C1)c1ccc(C(=O)N3CC[C@@H](O)C3)c(=O)n1C2. The molecule has 7 nitrogen and oxygen atoms in total. The number of furan rings is 1. The van der Waals surface area contributed by atoms with Gasteiger partial charge >= 0.3 is 0 Å². The minimum atomic E-state index is -0.486. The first-order chi connectivity index (χ1) is 15.0. The van der Waals surface area contributed by atoms with Gasteiger partial charge in [0.15, 0.2) is 0 Å². The summed E-state index contributed by atoms with van der Waals surface area (Å²) in [6, 6.07) is 7.52. The molecule has 5 heterocycles. The summed E-state index contributed by atoms with van der Waals surface area (Å²) in [5.74, 6) is 1.32. The Balaban J connectivity index is 1.34. The predicted molar refractivity (Wildman–Crippen MR) is 117 cm³/mol. The van der Waals surface area contributed by atoms with Crippen LogP contribution in [0.2, 0.25) is 0 Å². The second-order valence-electron chi connectivity index (χ2n) is 9.28. The summed E-state index contributed by atoms with van der Waals surface area (Å²) in [7, 11) is 0. The number of hydrogen-bond donors (Lipinski definition) is 1. The number of carbonyl (C=O) groups excluding carboxylic acids is 1. The average Bonchev–Trinajstić information content (AvgIpc) is 3.40. The van der Waals surface area contributed by atoms with Crippen LogP contribution < -0.4 is 5.56 Å². The maximum Gasteiger partial charge on any atom is 0.263 e. The molecule has 3 atom stereocenters. The van der Waals surface area contributed by atoms with Crippen LogP contribution in [0.1, 0.15) is 47.5 Å². The second-order valence-corrected chi connectivity index (χ2v) is 9.28. The number of likely N-dealkylation sites (tertiary alicyclic amines) is 2. The first-order valence-electron chi connectivity index (χ1n) is 11.1. The van der Waals surface area contributed by atoms with Gasteiger partial charge in [-0.3, -0.25) is 14.5 Å². The molecule has 5 rings (SSSR count). The van der Waals surface area contributed by atoms with Crippen molar-refractivity contribution < 1.29 is 14.3 Å². The summed E-state index contributed by atoms with van der Waals surface area (Å²) in [5, 5.41) is 9.73. The van der Waals surface area contributed by atoms with E-state index in [2.05, 4.69) is 17.9 Å². The number of pyridine rings is 1. The first kappa shape index (κ1) is 20.3. The minimum absolute atomic E-state index is 0.180. The second kappa shape index (κ2) is 8.13. The molecule has 2 fully saturated rings. The topological polar surface area (TPSA) is 78.9 Å². The highest BCUT2D eigenvalue weighted by Gasteiger charge is 2.36. The molecule has 0 aliphatic carbocycles. The van der Waals surface area contributed by atoms with Crippen molar-refractivity contribution in [1.29, 1.82) is 0 Å². The molecule has 0 saturated carbocycles. The number of aromatic nitrogens is 1. The fourth-order valence-electron chi connectivity index (χ4n) is 5.45. The van der Waals surface area contributed by atoms with E-state index in [1.54, 1.807) is 17.2 Å². The van der Waals surface area contributed by atoms with E-state index in [4.69, 9.17) is 4.42 Å². The quantitative estimate of drug-likeness (QED) is 0.816. The van der Waals surface area contributed by atoms with Gasteiger partial charge in [0, 0.05) is 50.9 Å². The van der Waals surface area contributed by atoms with E-state index in [9.17, 15) is 14.7 Å². The van der Waals surface area contributed by atoms with Crippen LogP contribution >= 0.6 is 0 Å². The molecule has 2 aromatic heterocycles. The Labute approximate surface area is 181 Å². The highest BCUT2D eigenvalue weighted by atomic mass is 16.3. The lowest BCUT2D eigenvalue weighted by Crippen LogP contribution is -2.48. The molecule has 31 heavy (non-hydrogen) atoms. The van der Waals surface area contributed by atoms with E-state index in [-0.39, 0.29) is 17.0 Å². The van der Waals surface area contributed by atoms with Gasteiger partial charge in [-0.1, -0.05) is 5.57 Å². The molecular formula is C24H29N3O4. The largest absolute Gasteiger partial charge is 0.465 e. The van der Waals surface area contributed by atoms with Crippen molar-refractivity contribution in [3.05, 3.63) is 63.5 Å². The van der Waals surface area contributed by atoms with Crippen LogP contribution in [0.4, 0.5) is 0 Å². The molecule has 3 aliphatic heterocycles. The number of amides is 1. The molecule has 1 N–H and O–H groups in total. The summed E-state index contributed by atoms with van der Waals surface area (Å²) in [4.78, 5) is 30.1. The van der Waals surface area contributed by atoms with E-state index >= 15 is 0 Å². The van der Waals surface area contributed by atoms with Gasteiger partial charge in [0.05, 0.1) is 12.4 Å². The van der Waals surface area contributed by atoms with Crippen molar-refractivity contribution in [3.63, 3.8) is 0 Å². The third-order valence-electron chi connectivity index (χ3n) is 6.77. The normalized spacial score (nSPS) is 26.2. The maximum atomic E-state index is 13.2. The summed E-state index contributed by atoms with van der Waals surface area (Å²) >= 11 is 0. The van der Waals surface area contributed by atoms with E-state index in [0.29, 0.717) is 37.9 Å². The molecule has 0 spiro atoms. The third kappa shape index (κ3) is 4.00. The van der Waals surface area contributed by atoms with Crippen LogP contribution in [0.15, 0.2) is 45.3 Å². The Morgan fingerprint density at radius 1 is 1.23 bits per heavy atom. The third-order valence-corrected chi connectivity index (χ3v) is 6.77. The van der Waals surface area contributed by atoms with Gasteiger partial charge < -0.3 is 19.0 Å². The van der Waals surface area contributed by atoms with Crippen LogP contribution in [0.25, 0.3) is 6.08 Å². The van der Waals surface area contributed by atoms with Gasteiger partial charge in [0.25, 0.3) is 11.5 Å². The molecule has 164 valence electrons. The van der Waals surface area contributed by atoms with Crippen molar-refractivity contribution >= 4 is 12.0 Å². The van der Waals surface area contributed by atoms with Gasteiger partial charge in [-0.05, 0) is 56.0 Å². The van der Waals surface area contributed by atoms with Gasteiger partial charge in [-0.2, -0.15) is 0 Å². The van der Waals surface area contributed by atoms with Crippen LogP contribution in [-0.2, 0) is 6.54 Å². The van der Waals surface area contributed by atoms with Crippen molar-refractivity contribution in [2.75, 3.05) is 32.7 Å². The maximum absolute atomic E-state index is 13.2. The number of aliphatic hydroxyl groups is 1. The Morgan fingerprint density at radius 3 is 2.84 bits per heavy atom. The van der Waals surface area contributed by atoms with E-state index in [1.807, 2.05) is 22.8 Å². The van der Waals surface area contributed by atoms with E-state index in [0.717, 1.165) is 37.5 Å². The Bertz CT molecular complexity index is 1060. The zero-order valence-corrected chi connectivity index (χ0v) is 17.9. The Hall–Kier alpha value is -2.64. The lowest BCUT2D eigenvalue weighted by Gasteiger charge is -2.43. The smallest absolute Gasteiger partial charge is 0.263 e. The molecule has 1 amide bonds. The molecule has 0 radical (unpaired) electrons. The summed E-state index contributed by atoms with van der Waals surface area (Å²) in [6.07, 6.45) is 4.94. The molecule has 3 aliphatic rings. The number of carbonyl (C=O) groups is 1. The number of aliphatic hydroxyl groups excluding tert-OH is 1. The van der Waals surface area contributed by atoms with Crippen LogP contribution in [-0.4, -0.2) is 64.2 Å². The van der Waals surface area contributed by atoms with Gasteiger partial charge in [0.2, 0.25) is 0 Å².